The van der Waals surface area contributed by atoms with Gasteiger partial charge in [0, 0.05) is 12.1 Å². The Kier molecular flexibility index (Phi) is 2.84. The van der Waals surface area contributed by atoms with Gasteiger partial charge in [-0.25, -0.2) is 0 Å². The first-order valence-electron chi connectivity index (χ1n) is 4.23. The monoisotopic (exact) mass is 164 g/mol. The van der Waals surface area contributed by atoms with Crippen LogP contribution in [0, 0.1) is 0 Å². The molecule has 0 aromatic heterocycles. The maximum absolute atomic E-state index is 5.80. The maximum atomic E-state index is 5.80. The average Bonchev–Trinajstić information content (AvgIpc) is 2.04. The summed E-state index contributed by atoms with van der Waals surface area (Å²) in [5.74, 6) is 0. The highest BCUT2D eigenvalue weighted by Crippen LogP contribution is 2.20. The molecule has 0 saturated heterocycles. The molecule has 0 fully saturated rings. The van der Waals surface area contributed by atoms with Gasteiger partial charge in [0.15, 0.2) is 0 Å². The second-order valence-electron chi connectivity index (χ2n) is 3.21. The summed E-state index contributed by atoms with van der Waals surface area (Å²) in [6.07, 6.45) is 0. The first-order chi connectivity index (χ1) is 5.63. The molecule has 1 rings (SSSR count). The lowest BCUT2D eigenvalue weighted by molar-refractivity contribution is 0.747. The third-order valence-electron chi connectivity index (χ3n) is 1.98. The van der Waals surface area contributed by atoms with Crippen LogP contribution >= 0.6 is 0 Å². The number of hydrogen-bond donors (Lipinski definition) is 2. The van der Waals surface area contributed by atoms with E-state index in [2.05, 4.69) is 0 Å². The van der Waals surface area contributed by atoms with E-state index in [0.717, 1.165) is 11.1 Å². The van der Waals surface area contributed by atoms with Gasteiger partial charge in [0.25, 0.3) is 0 Å². The zero-order chi connectivity index (χ0) is 9.14. The summed E-state index contributed by atoms with van der Waals surface area (Å²) in [7, 11) is 0. The summed E-state index contributed by atoms with van der Waals surface area (Å²) in [5, 5.41) is 0. The molecule has 1 aromatic carbocycles. The van der Waals surface area contributed by atoms with Crippen LogP contribution in [0.5, 0.6) is 0 Å². The number of nitrogens with two attached hydrogens (primary N) is 2. The van der Waals surface area contributed by atoms with Gasteiger partial charge in [-0.1, -0.05) is 24.3 Å². The molecule has 0 saturated carbocycles. The van der Waals surface area contributed by atoms with Gasteiger partial charge >= 0.3 is 0 Å². The fourth-order valence-corrected chi connectivity index (χ4v) is 1.34. The van der Waals surface area contributed by atoms with Crippen LogP contribution in [0.25, 0.3) is 0 Å². The average molecular weight is 164 g/mol. The quantitative estimate of drug-likeness (QED) is 0.699. The van der Waals surface area contributed by atoms with Crippen LogP contribution < -0.4 is 11.5 Å². The van der Waals surface area contributed by atoms with E-state index in [1.165, 1.54) is 0 Å². The van der Waals surface area contributed by atoms with E-state index in [9.17, 15) is 0 Å². The van der Waals surface area contributed by atoms with Crippen molar-refractivity contribution in [3.8, 4) is 0 Å². The first kappa shape index (κ1) is 9.23. The molecule has 2 atom stereocenters. The highest BCUT2D eigenvalue weighted by Gasteiger charge is 2.08. The Bertz CT molecular complexity index is 227. The molecule has 0 aliphatic heterocycles. The van der Waals surface area contributed by atoms with Crippen LogP contribution in [0.15, 0.2) is 24.3 Å². The van der Waals surface area contributed by atoms with Gasteiger partial charge in [0.1, 0.15) is 0 Å². The van der Waals surface area contributed by atoms with Gasteiger partial charge in [-0.15, -0.1) is 0 Å². The third kappa shape index (κ3) is 1.84. The Balaban J connectivity index is 3.09. The molecule has 12 heavy (non-hydrogen) atoms. The first-order valence-corrected chi connectivity index (χ1v) is 4.23. The van der Waals surface area contributed by atoms with Crippen LogP contribution in [0.4, 0.5) is 0 Å². The van der Waals surface area contributed by atoms with E-state index in [0.29, 0.717) is 0 Å². The third-order valence-corrected chi connectivity index (χ3v) is 1.98. The van der Waals surface area contributed by atoms with Gasteiger partial charge in [-0.05, 0) is 25.0 Å². The second-order valence-corrected chi connectivity index (χ2v) is 3.21. The van der Waals surface area contributed by atoms with Crippen molar-refractivity contribution in [2.45, 2.75) is 25.9 Å². The molecule has 0 spiro atoms. The largest absolute Gasteiger partial charge is 0.324 e. The van der Waals surface area contributed by atoms with E-state index < -0.39 is 0 Å². The zero-order valence-electron chi connectivity index (χ0n) is 7.62. The van der Waals surface area contributed by atoms with Crippen molar-refractivity contribution in [3.05, 3.63) is 35.4 Å². The van der Waals surface area contributed by atoms with Gasteiger partial charge in [0.2, 0.25) is 0 Å². The van der Waals surface area contributed by atoms with Gasteiger partial charge in [-0.3, -0.25) is 0 Å². The van der Waals surface area contributed by atoms with Crippen molar-refractivity contribution in [2.75, 3.05) is 0 Å². The number of hydrogen-bond acceptors (Lipinski definition) is 2. The van der Waals surface area contributed by atoms with Crippen LogP contribution in [0.1, 0.15) is 37.1 Å². The number of benzene rings is 1. The highest BCUT2D eigenvalue weighted by molar-refractivity contribution is 5.31. The highest BCUT2D eigenvalue weighted by atomic mass is 14.6. The van der Waals surface area contributed by atoms with Crippen LogP contribution in [-0.4, -0.2) is 0 Å². The van der Waals surface area contributed by atoms with Crippen molar-refractivity contribution in [3.63, 3.8) is 0 Å². The summed E-state index contributed by atoms with van der Waals surface area (Å²) in [5.41, 5.74) is 13.9. The van der Waals surface area contributed by atoms with Crippen LogP contribution in [0.3, 0.4) is 0 Å². The molecule has 0 amide bonds. The van der Waals surface area contributed by atoms with Crippen molar-refractivity contribution >= 4 is 0 Å². The molecule has 0 radical (unpaired) electrons. The van der Waals surface area contributed by atoms with Crippen molar-refractivity contribution < 1.29 is 0 Å². The van der Waals surface area contributed by atoms with Crippen molar-refractivity contribution in [1.82, 2.24) is 0 Å². The molecule has 0 aliphatic rings. The van der Waals surface area contributed by atoms with Crippen LogP contribution in [-0.2, 0) is 0 Å². The molecule has 0 unspecified atom stereocenters. The summed E-state index contributed by atoms with van der Waals surface area (Å²) >= 11 is 0. The molecule has 2 nitrogen and oxygen atoms in total. The van der Waals surface area contributed by atoms with Crippen LogP contribution in [0.2, 0.25) is 0 Å². The molecule has 0 heterocycles. The number of rotatable bonds is 2. The summed E-state index contributed by atoms with van der Waals surface area (Å²) in [6.45, 7) is 3.95. The molecular weight excluding hydrogens is 148 g/mol. The van der Waals surface area contributed by atoms with E-state index >= 15 is 0 Å². The summed E-state index contributed by atoms with van der Waals surface area (Å²) in [6, 6.07) is 8.17. The molecule has 4 N–H and O–H groups in total. The molecule has 0 aliphatic carbocycles. The van der Waals surface area contributed by atoms with E-state index in [1.54, 1.807) is 0 Å². The van der Waals surface area contributed by atoms with Gasteiger partial charge in [-0.2, -0.15) is 0 Å². The van der Waals surface area contributed by atoms with Gasteiger partial charge < -0.3 is 11.5 Å². The lowest BCUT2D eigenvalue weighted by atomic mass is 9.98. The lowest BCUT2D eigenvalue weighted by Crippen LogP contribution is -2.13. The SMILES string of the molecule is C[C@H](N)c1ccccc1[C@H](C)N. The zero-order valence-corrected chi connectivity index (χ0v) is 7.62. The standard InChI is InChI=1S/C10H16N2/c1-7(11)9-5-3-4-6-10(9)8(2)12/h3-8H,11-12H2,1-2H3/t7-,8-/m0/s1. The fraction of sp³-hybridized carbons (Fsp3) is 0.400. The Labute approximate surface area is 73.6 Å². The molecule has 66 valence electrons. The predicted octanol–water partition coefficient (Wildman–Crippen LogP) is 1.73. The molecule has 2 heteroatoms. The van der Waals surface area contributed by atoms with Gasteiger partial charge in [0.05, 0.1) is 0 Å². The van der Waals surface area contributed by atoms with E-state index in [-0.39, 0.29) is 12.1 Å². The smallest absolute Gasteiger partial charge is 0.0269 e. The topological polar surface area (TPSA) is 52.0 Å². The van der Waals surface area contributed by atoms with Crippen molar-refractivity contribution in [1.29, 1.82) is 0 Å². The van der Waals surface area contributed by atoms with E-state index in [1.807, 2.05) is 38.1 Å². The normalized spacial score (nSPS) is 15.7. The summed E-state index contributed by atoms with van der Waals surface area (Å²) in [4.78, 5) is 0. The molecule has 0 bridgehead atoms. The minimum absolute atomic E-state index is 0.0622. The van der Waals surface area contributed by atoms with E-state index in [4.69, 9.17) is 11.5 Å². The summed E-state index contributed by atoms with van der Waals surface area (Å²) < 4.78 is 0. The Morgan fingerprint density at radius 1 is 0.917 bits per heavy atom. The Morgan fingerprint density at radius 2 is 1.25 bits per heavy atom. The maximum Gasteiger partial charge on any atom is 0.0269 e. The lowest BCUT2D eigenvalue weighted by Gasteiger charge is -2.14. The van der Waals surface area contributed by atoms with Crippen molar-refractivity contribution in [2.24, 2.45) is 11.5 Å². The second kappa shape index (κ2) is 3.70. The molecular formula is C10H16N2. The minimum atomic E-state index is 0.0622. The minimum Gasteiger partial charge on any atom is -0.324 e. The predicted molar refractivity (Wildman–Crippen MR) is 51.6 cm³/mol. The Hall–Kier alpha value is -0.860. The Morgan fingerprint density at radius 3 is 1.50 bits per heavy atom. The molecule has 1 aromatic rings. The fourth-order valence-electron chi connectivity index (χ4n) is 1.34.